The molecule has 0 N–H and O–H groups in total. The van der Waals surface area contributed by atoms with Crippen LogP contribution in [0.3, 0.4) is 0 Å². The Morgan fingerprint density at radius 1 is 1.40 bits per heavy atom. The van der Waals surface area contributed by atoms with Crippen molar-refractivity contribution in [1.82, 2.24) is 9.78 Å². The van der Waals surface area contributed by atoms with E-state index in [1.165, 1.54) is 12.8 Å². The van der Waals surface area contributed by atoms with Crippen LogP contribution in [0.4, 0.5) is 0 Å². The van der Waals surface area contributed by atoms with Crippen molar-refractivity contribution in [3.63, 3.8) is 0 Å². The molecule has 1 aromatic heterocycles. The summed E-state index contributed by atoms with van der Waals surface area (Å²) in [5.74, 6) is 0.225. The molecule has 1 saturated heterocycles. The van der Waals surface area contributed by atoms with Gasteiger partial charge in [0.05, 0.1) is 18.8 Å². The van der Waals surface area contributed by atoms with Crippen LogP contribution in [0, 0.1) is 0 Å². The number of aromatic nitrogens is 2. The van der Waals surface area contributed by atoms with E-state index < -0.39 is 0 Å². The van der Waals surface area contributed by atoms with Gasteiger partial charge in [0.2, 0.25) is 0 Å². The molecule has 1 saturated carbocycles. The topological polar surface area (TPSA) is 53.4 Å². The normalized spacial score (nSPS) is 23.1. The highest BCUT2D eigenvalue weighted by Gasteiger charge is 2.33. The highest BCUT2D eigenvalue weighted by molar-refractivity contribution is 5.87. The monoisotopic (exact) mass is 278 g/mol. The molecule has 1 aliphatic heterocycles. The Hall–Kier alpha value is -1.36. The Balaban J connectivity index is 1.80. The standard InChI is InChI=1S/C15H22N2O3/c1-15(2,3)17-13(10-4-5-10)8-12(16-17)14(18)20-11-6-7-19-9-11/h8,10-11H,4-7,9H2,1-3H3/t11-/m0/s1. The Morgan fingerprint density at radius 3 is 2.70 bits per heavy atom. The lowest BCUT2D eigenvalue weighted by atomic mass is 10.1. The zero-order valence-corrected chi connectivity index (χ0v) is 12.4. The molecule has 110 valence electrons. The smallest absolute Gasteiger partial charge is 0.359 e. The first kappa shape index (κ1) is 13.6. The molecular formula is C15H22N2O3. The maximum Gasteiger partial charge on any atom is 0.359 e. The number of rotatable bonds is 3. The molecule has 0 unspecified atom stereocenters. The Labute approximate surface area is 119 Å². The van der Waals surface area contributed by atoms with Crippen LogP contribution in [0.2, 0.25) is 0 Å². The van der Waals surface area contributed by atoms with Gasteiger partial charge in [-0.2, -0.15) is 5.10 Å². The van der Waals surface area contributed by atoms with Gasteiger partial charge in [-0.05, 0) is 39.7 Å². The minimum atomic E-state index is -0.328. The Morgan fingerprint density at radius 2 is 2.15 bits per heavy atom. The summed E-state index contributed by atoms with van der Waals surface area (Å²) < 4.78 is 12.6. The quantitative estimate of drug-likeness (QED) is 0.797. The van der Waals surface area contributed by atoms with E-state index in [1.54, 1.807) is 0 Å². The van der Waals surface area contributed by atoms with Gasteiger partial charge < -0.3 is 9.47 Å². The van der Waals surface area contributed by atoms with Crippen molar-refractivity contribution in [2.75, 3.05) is 13.2 Å². The van der Waals surface area contributed by atoms with Gasteiger partial charge in [0.25, 0.3) is 0 Å². The van der Waals surface area contributed by atoms with Gasteiger partial charge in [-0.3, -0.25) is 4.68 Å². The SMILES string of the molecule is CC(C)(C)n1nc(C(=O)O[C@H]2CCOC2)cc1C1CC1. The predicted molar refractivity (Wildman–Crippen MR) is 73.8 cm³/mol. The molecule has 2 fully saturated rings. The predicted octanol–water partition coefficient (Wildman–Crippen LogP) is 2.46. The van der Waals surface area contributed by atoms with Crippen molar-refractivity contribution in [2.24, 2.45) is 0 Å². The largest absolute Gasteiger partial charge is 0.455 e. The van der Waals surface area contributed by atoms with Gasteiger partial charge in [0, 0.05) is 18.0 Å². The first-order valence-corrected chi connectivity index (χ1v) is 7.34. The van der Waals surface area contributed by atoms with Crippen molar-refractivity contribution < 1.29 is 14.3 Å². The molecule has 1 aromatic rings. The van der Waals surface area contributed by atoms with E-state index in [9.17, 15) is 4.79 Å². The molecule has 2 aliphatic rings. The lowest BCUT2D eigenvalue weighted by Crippen LogP contribution is -2.26. The van der Waals surface area contributed by atoms with Crippen molar-refractivity contribution in [3.8, 4) is 0 Å². The number of hydrogen-bond donors (Lipinski definition) is 0. The zero-order valence-electron chi connectivity index (χ0n) is 12.4. The van der Waals surface area contributed by atoms with E-state index in [0.717, 1.165) is 12.1 Å². The van der Waals surface area contributed by atoms with Gasteiger partial charge in [-0.25, -0.2) is 4.79 Å². The van der Waals surface area contributed by atoms with Gasteiger partial charge in [0.1, 0.15) is 6.10 Å². The molecule has 5 nitrogen and oxygen atoms in total. The van der Waals surface area contributed by atoms with Crippen LogP contribution in [-0.4, -0.2) is 35.1 Å². The lowest BCUT2D eigenvalue weighted by Gasteiger charge is -2.22. The van der Waals surface area contributed by atoms with Crippen LogP contribution < -0.4 is 0 Å². The van der Waals surface area contributed by atoms with Gasteiger partial charge in [-0.15, -0.1) is 0 Å². The average Bonchev–Trinajstić information content (AvgIpc) is 2.90. The molecule has 1 atom stereocenters. The summed E-state index contributed by atoms with van der Waals surface area (Å²) >= 11 is 0. The fraction of sp³-hybridized carbons (Fsp3) is 0.733. The summed E-state index contributed by atoms with van der Waals surface area (Å²) in [5, 5.41) is 4.49. The summed E-state index contributed by atoms with van der Waals surface area (Å²) in [7, 11) is 0. The van der Waals surface area contributed by atoms with Crippen LogP contribution in [0.15, 0.2) is 6.07 Å². The third-order valence-corrected chi connectivity index (χ3v) is 3.74. The maximum absolute atomic E-state index is 12.2. The molecule has 0 spiro atoms. The molecule has 1 aliphatic carbocycles. The number of nitrogens with zero attached hydrogens (tertiary/aromatic N) is 2. The number of ether oxygens (including phenoxy) is 2. The maximum atomic E-state index is 12.2. The molecule has 2 heterocycles. The fourth-order valence-corrected chi connectivity index (χ4v) is 2.52. The van der Waals surface area contributed by atoms with Crippen LogP contribution in [0.1, 0.15) is 62.1 Å². The van der Waals surface area contributed by atoms with Crippen LogP contribution in [0.5, 0.6) is 0 Å². The van der Waals surface area contributed by atoms with Crippen LogP contribution in [-0.2, 0) is 15.0 Å². The first-order valence-electron chi connectivity index (χ1n) is 7.34. The summed E-state index contributed by atoms with van der Waals surface area (Å²) in [6, 6.07) is 1.90. The molecule has 3 rings (SSSR count). The third-order valence-electron chi connectivity index (χ3n) is 3.74. The summed E-state index contributed by atoms with van der Waals surface area (Å²) in [4.78, 5) is 12.2. The van der Waals surface area contributed by atoms with Crippen molar-refractivity contribution in [3.05, 3.63) is 17.5 Å². The number of esters is 1. The second-order valence-corrected chi connectivity index (χ2v) is 6.70. The molecule has 0 bridgehead atoms. The zero-order chi connectivity index (χ0) is 14.3. The van der Waals surface area contributed by atoms with E-state index in [2.05, 4.69) is 25.9 Å². The second-order valence-electron chi connectivity index (χ2n) is 6.70. The van der Waals surface area contributed by atoms with Crippen LogP contribution in [0.25, 0.3) is 0 Å². The lowest BCUT2D eigenvalue weighted by molar-refractivity contribution is 0.0262. The number of carbonyl (C=O) groups is 1. The molecule has 20 heavy (non-hydrogen) atoms. The fourth-order valence-electron chi connectivity index (χ4n) is 2.52. The van der Waals surface area contributed by atoms with E-state index in [4.69, 9.17) is 9.47 Å². The average molecular weight is 278 g/mol. The molecular weight excluding hydrogens is 256 g/mol. The van der Waals surface area contributed by atoms with Crippen molar-refractivity contribution in [1.29, 1.82) is 0 Å². The Kier molecular flexibility index (Phi) is 3.32. The van der Waals surface area contributed by atoms with E-state index >= 15 is 0 Å². The summed E-state index contributed by atoms with van der Waals surface area (Å²) in [6.07, 6.45) is 3.03. The molecule has 5 heteroatoms. The van der Waals surface area contributed by atoms with E-state index in [-0.39, 0.29) is 17.6 Å². The van der Waals surface area contributed by atoms with Crippen molar-refractivity contribution in [2.45, 2.75) is 57.6 Å². The third kappa shape index (κ3) is 2.73. The highest BCUT2D eigenvalue weighted by Crippen LogP contribution is 2.41. The molecule has 0 aromatic carbocycles. The molecule has 0 amide bonds. The second kappa shape index (κ2) is 4.88. The van der Waals surface area contributed by atoms with E-state index in [1.807, 2.05) is 10.7 Å². The minimum absolute atomic E-state index is 0.118. The van der Waals surface area contributed by atoms with E-state index in [0.29, 0.717) is 24.8 Å². The minimum Gasteiger partial charge on any atom is -0.455 e. The first-order chi connectivity index (χ1) is 9.45. The number of hydrogen-bond acceptors (Lipinski definition) is 4. The molecule has 0 radical (unpaired) electrons. The summed E-state index contributed by atoms with van der Waals surface area (Å²) in [6.45, 7) is 7.48. The van der Waals surface area contributed by atoms with Gasteiger partial charge in [0.15, 0.2) is 5.69 Å². The van der Waals surface area contributed by atoms with Gasteiger partial charge in [-0.1, -0.05) is 0 Å². The van der Waals surface area contributed by atoms with Crippen LogP contribution >= 0.6 is 0 Å². The summed E-state index contributed by atoms with van der Waals surface area (Å²) in [5.41, 5.74) is 1.47. The van der Waals surface area contributed by atoms with Crippen molar-refractivity contribution >= 4 is 5.97 Å². The highest BCUT2D eigenvalue weighted by atomic mass is 16.6. The number of carbonyl (C=O) groups excluding carboxylic acids is 1. The van der Waals surface area contributed by atoms with Gasteiger partial charge >= 0.3 is 5.97 Å². The Bertz CT molecular complexity index is 506.